The second-order valence-electron chi connectivity index (χ2n) is 5.16. The van der Waals surface area contributed by atoms with Crippen LogP contribution in [-0.4, -0.2) is 56.3 Å². The van der Waals surface area contributed by atoms with E-state index in [2.05, 4.69) is 10.2 Å². The number of morpholine rings is 1. The zero-order chi connectivity index (χ0) is 15.2. The van der Waals surface area contributed by atoms with Gasteiger partial charge in [-0.2, -0.15) is 0 Å². The van der Waals surface area contributed by atoms with Crippen LogP contribution in [0.2, 0.25) is 0 Å². The number of hydrogen-bond donors (Lipinski definition) is 1. The third-order valence-corrected chi connectivity index (χ3v) is 3.41. The highest BCUT2D eigenvalue weighted by atomic mass is 16.6. The van der Waals surface area contributed by atoms with Crippen LogP contribution in [0.3, 0.4) is 0 Å². The molecule has 1 aromatic carbocycles. The van der Waals surface area contributed by atoms with Crippen molar-refractivity contribution in [1.82, 2.24) is 10.2 Å². The Morgan fingerprint density at radius 3 is 3.00 bits per heavy atom. The summed E-state index contributed by atoms with van der Waals surface area (Å²) in [6.07, 6.45) is 0.164. The molecule has 21 heavy (non-hydrogen) atoms. The Balaban J connectivity index is 1.98. The van der Waals surface area contributed by atoms with E-state index in [0.29, 0.717) is 6.54 Å². The molecule has 0 radical (unpaired) electrons. The molecule has 1 heterocycles. The van der Waals surface area contributed by atoms with Gasteiger partial charge in [-0.15, -0.1) is 0 Å². The van der Waals surface area contributed by atoms with Crippen molar-refractivity contribution in [2.45, 2.75) is 12.6 Å². The van der Waals surface area contributed by atoms with E-state index in [1.54, 1.807) is 12.1 Å². The Morgan fingerprint density at radius 2 is 2.38 bits per heavy atom. The molecule has 0 bridgehead atoms. The predicted molar refractivity (Wildman–Crippen MR) is 78.6 cm³/mol. The lowest BCUT2D eigenvalue weighted by molar-refractivity contribution is -0.385. The first-order valence-corrected chi connectivity index (χ1v) is 6.92. The summed E-state index contributed by atoms with van der Waals surface area (Å²) >= 11 is 0. The summed E-state index contributed by atoms with van der Waals surface area (Å²) in [6.45, 7) is 3.88. The van der Waals surface area contributed by atoms with Gasteiger partial charge in [0.25, 0.3) is 0 Å². The molecule has 0 aliphatic carbocycles. The molecule has 7 nitrogen and oxygen atoms in total. The van der Waals surface area contributed by atoms with Gasteiger partial charge >= 0.3 is 5.69 Å². The summed E-state index contributed by atoms with van der Waals surface area (Å²) in [7, 11) is 3.41. The number of hydrogen-bond acceptors (Lipinski definition) is 6. The maximum atomic E-state index is 11.0. The highest BCUT2D eigenvalue weighted by Gasteiger charge is 2.18. The quantitative estimate of drug-likeness (QED) is 0.624. The normalized spacial score (nSPS) is 18.7. The number of nitrogens with zero attached hydrogens (tertiary/aromatic N) is 2. The summed E-state index contributed by atoms with van der Waals surface area (Å²) in [4.78, 5) is 12.7. The molecule has 1 atom stereocenters. The van der Waals surface area contributed by atoms with Gasteiger partial charge in [0.1, 0.15) is 0 Å². The van der Waals surface area contributed by atoms with Crippen LogP contribution in [0.5, 0.6) is 5.75 Å². The summed E-state index contributed by atoms with van der Waals surface area (Å²) < 4.78 is 10.7. The molecule has 0 amide bonds. The molecule has 1 aliphatic rings. The highest BCUT2D eigenvalue weighted by molar-refractivity contribution is 5.48. The fraction of sp³-hybridized carbons (Fsp3) is 0.571. The average molecular weight is 295 g/mol. The van der Waals surface area contributed by atoms with E-state index in [-0.39, 0.29) is 17.5 Å². The molecule has 0 saturated carbocycles. The van der Waals surface area contributed by atoms with Gasteiger partial charge in [-0.3, -0.25) is 15.0 Å². The summed E-state index contributed by atoms with van der Waals surface area (Å²) in [5.74, 6) is 0.284. The molecule has 0 spiro atoms. The van der Waals surface area contributed by atoms with Gasteiger partial charge in [-0.25, -0.2) is 0 Å². The lowest BCUT2D eigenvalue weighted by atomic mass is 10.1. The van der Waals surface area contributed by atoms with E-state index in [4.69, 9.17) is 9.47 Å². The Morgan fingerprint density at radius 1 is 1.57 bits per heavy atom. The first-order chi connectivity index (χ1) is 10.1. The molecule has 1 unspecified atom stereocenters. The molecule has 1 fully saturated rings. The van der Waals surface area contributed by atoms with Gasteiger partial charge in [-0.1, -0.05) is 6.07 Å². The van der Waals surface area contributed by atoms with Gasteiger partial charge in [0, 0.05) is 32.2 Å². The minimum absolute atomic E-state index is 0.000942. The van der Waals surface area contributed by atoms with Crippen LogP contribution in [0, 0.1) is 10.1 Å². The third kappa shape index (κ3) is 4.38. The SMILES string of the molecule is COc1ccc(CN(C)CC2CNCCO2)cc1[N+](=O)[O-]. The maximum absolute atomic E-state index is 11.0. The van der Waals surface area contributed by atoms with Crippen LogP contribution >= 0.6 is 0 Å². The number of nitro benzene ring substituents is 1. The minimum Gasteiger partial charge on any atom is -0.490 e. The van der Waals surface area contributed by atoms with Crippen molar-refractivity contribution in [2.75, 3.05) is 40.4 Å². The monoisotopic (exact) mass is 295 g/mol. The van der Waals surface area contributed by atoms with Crippen LogP contribution in [0.4, 0.5) is 5.69 Å². The van der Waals surface area contributed by atoms with Crippen LogP contribution in [-0.2, 0) is 11.3 Å². The van der Waals surface area contributed by atoms with Crippen LogP contribution in [0.1, 0.15) is 5.56 Å². The lowest BCUT2D eigenvalue weighted by Gasteiger charge is -2.28. The van der Waals surface area contributed by atoms with Crippen molar-refractivity contribution in [3.63, 3.8) is 0 Å². The number of nitro groups is 1. The average Bonchev–Trinajstić information content (AvgIpc) is 2.48. The number of rotatable bonds is 6. The van der Waals surface area contributed by atoms with Crippen molar-refractivity contribution in [1.29, 1.82) is 0 Å². The molecule has 7 heteroatoms. The zero-order valence-electron chi connectivity index (χ0n) is 12.4. The number of nitrogens with one attached hydrogen (secondary N) is 1. The Kier molecular flexibility index (Phi) is 5.49. The number of benzene rings is 1. The summed E-state index contributed by atoms with van der Waals surface area (Å²) in [5, 5.41) is 14.3. The number of methoxy groups -OCH3 is 1. The van der Waals surface area contributed by atoms with E-state index < -0.39 is 4.92 Å². The van der Waals surface area contributed by atoms with Crippen molar-refractivity contribution in [3.8, 4) is 5.75 Å². The molecule has 1 saturated heterocycles. The van der Waals surface area contributed by atoms with Crippen LogP contribution in [0.15, 0.2) is 18.2 Å². The van der Waals surface area contributed by atoms with E-state index in [9.17, 15) is 10.1 Å². The van der Waals surface area contributed by atoms with E-state index in [1.165, 1.54) is 7.11 Å². The first-order valence-electron chi connectivity index (χ1n) is 6.92. The summed E-state index contributed by atoms with van der Waals surface area (Å²) in [5.41, 5.74) is 0.882. The molecule has 1 N–H and O–H groups in total. The minimum atomic E-state index is -0.420. The molecule has 0 aromatic heterocycles. The summed E-state index contributed by atoms with van der Waals surface area (Å²) in [6, 6.07) is 5.05. The van der Waals surface area contributed by atoms with E-state index in [0.717, 1.165) is 31.8 Å². The Labute approximate surface area is 124 Å². The molecular formula is C14H21N3O4. The molecule has 1 aromatic rings. The number of likely N-dealkylation sites (N-methyl/N-ethyl adjacent to an activating group) is 1. The van der Waals surface area contributed by atoms with Crippen LogP contribution < -0.4 is 10.1 Å². The standard InChI is InChI=1S/C14H21N3O4/c1-16(10-12-8-15-5-6-21-12)9-11-3-4-14(20-2)13(7-11)17(18)19/h3-4,7,12,15H,5-6,8-10H2,1-2H3. The van der Waals surface area contributed by atoms with Crippen molar-refractivity contribution in [3.05, 3.63) is 33.9 Å². The van der Waals surface area contributed by atoms with E-state index >= 15 is 0 Å². The highest BCUT2D eigenvalue weighted by Crippen LogP contribution is 2.27. The number of ether oxygens (including phenoxy) is 2. The van der Waals surface area contributed by atoms with Crippen molar-refractivity contribution >= 4 is 5.69 Å². The van der Waals surface area contributed by atoms with Gasteiger partial charge in [0.15, 0.2) is 5.75 Å². The molecule has 2 rings (SSSR count). The lowest BCUT2D eigenvalue weighted by Crippen LogP contribution is -2.44. The first kappa shape index (κ1) is 15.7. The fourth-order valence-electron chi connectivity index (χ4n) is 2.44. The van der Waals surface area contributed by atoms with Gasteiger partial charge in [-0.05, 0) is 18.7 Å². The van der Waals surface area contributed by atoms with Gasteiger partial charge < -0.3 is 14.8 Å². The molecule has 116 valence electrons. The van der Waals surface area contributed by atoms with E-state index in [1.807, 2.05) is 13.1 Å². The second kappa shape index (κ2) is 7.35. The molecule has 1 aliphatic heterocycles. The third-order valence-electron chi connectivity index (χ3n) is 3.41. The molecular weight excluding hydrogens is 274 g/mol. The predicted octanol–water partition coefficient (Wildman–Crippen LogP) is 1.02. The second-order valence-corrected chi connectivity index (χ2v) is 5.16. The smallest absolute Gasteiger partial charge is 0.311 e. The Bertz CT molecular complexity index is 489. The van der Waals surface area contributed by atoms with Crippen molar-refractivity contribution in [2.24, 2.45) is 0 Å². The van der Waals surface area contributed by atoms with Gasteiger partial charge in [0.05, 0.1) is 24.7 Å². The fourth-order valence-corrected chi connectivity index (χ4v) is 2.44. The zero-order valence-corrected chi connectivity index (χ0v) is 12.4. The van der Waals surface area contributed by atoms with Crippen molar-refractivity contribution < 1.29 is 14.4 Å². The largest absolute Gasteiger partial charge is 0.490 e. The van der Waals surface area contributed by atoms with Gasteiger partial charge in [0.2, 0.25) is 0 Å². The topological polar surface area (TPSA) is 76.9 Å². The van der Waals surface area contributed by atoms with Crippen LogP contribution in [0.25, 0.3) is 0 Å². The Hall–Kier alpha value is -1.70. The maximum Gasteiger partial charge on any atom is 0.311 e.